The molecule has 4 rings (SSSR count). The Morgan fingerprint density at radius 1 is 1.06 bits per heavy atom. The van der Waals surface area contributed by atoms with Crippen molar-refractivity contribution in [2.75, 3.05) is 31.9 Å². The lowest BCUT2D eigenvalue weighted by atomic mass is 10.0. The molecule has 2 aromatic carbocycles. The minimum atomic E-state index is -3.23. The van der Waals surface area contributed by atoms with Crippen LogP contribution >= 0.6 is 0 Å². The molecule has 1 saturated heterocycles. The van der Waals surface area contributed by atoms with E-state index in [1.165, 1.54) is 16.4 Å². The van der Waals surface area contributed by atoms with Crippen LogP contribution < -0.4 is 0 Å². The van der Waals surface area contributed by atoms with E-state index >= 15 is 0 Å². The van der Waals surface area contributed by atoms with E-state index in [-0.39, 0.29) is 23.9 Å². The highest BCUT2D eigenvalue weighted by Gasteiger charge is 2.27. The molecule has 0 atom stereocenters. The molecule has 2 heterocycles. The van der Waals surface area contributed by atoms with E-state index in [4.69, 9.17) is 0 Å². The molecule has 0 spiro atoms. The molecule has 0 radical (unpaired) electrons. The van der Waals surface area contributed by atoms with Crippen LogP contribution in [0.25, 0.3) is 22.2 Å². The van der Waals surface area contributed by atoms with Crippen LogP contribution in [-0.4, -0.2) is 60.4 Å². The predicted molar refractivity (Wildman–Crippen MR) is 120 cm³/mol. The molecule has 6 nitrogen and oxygen atoms in total. The number of benzene rings is 2. The van der Waals surface area contributed by atoms with E-state index in [0.29, 0.717) is 32.6 Å². The number of piperazine rings is 1. The lowest BCUT2D eigenvalue weighted by Crippen LogP contribution is -2.50. The summed E-state index contributed by atoms with van der Waals surface area (Å²) >= 11 is 0. The van der Waals surface area contributed by atoms with Crippen molar-refractivity contribution in [1.82, 2.24) is 14.2 Å². The zero-order chi connectivity index (χ0) is 22.0. The molecule has 0 bridgehead atoms. The second kappa shape index (κ2) is 8.80. The van der Waals surface area contributed by atoms with Gasteiger partial charge in [0.1, 0.15) is 5.82 Å². The molecule has 1 aliphatic heterocycles. The normalized spacial score (nSPS) is 15.5. The number of nitrogens with one attached hydrogen (secondary N) is 1. The first-order valence-corrected chi connectivity index (χ1v) is 12.1. The van der Waals surface area contributed by atoms with Gasteiger partial charge in [-0.05, 0) is 42.7 Å². The molecule has 1 N–H and O–H groups in total. The van der Waals surface area contributed by atoms with E-state index in [1.807, 2.05) is 30.3 Å². The third-order valence-electron chi connectivity index (χ3n) is 5.87. The van der Waals surface area contributed by atoms with Crippen LogP contribution in [0, 0.1) is 5.82 Å². The van der Waals surface area contributed by atoms with Crippen LogP contribution in [0.15, 0.2) is 48.5 Å². The average molecular weight is 444 g/mol. The zero-order valence-electron chi connectivity index (χ0n) is 17.5. The second-order valence-corrected chi connectivity index (χ2v) is 9.97. The number of aryl methyl sites for hydroxylation is 1. The van der Waals surface area contributed by atoms with Gasteiger partial charge in [-0.1, -0.05) is 30.3 Å². The fourth-order valence-electron chi connectivity index (χ4n) is 4.12. The lowest BCUT2D eigenvalue weighted by Gasteiger charge is -2.33. The van der Waals surface area contributed by atoms with Gasteiger partial charge in [0.2, 0.25) is 15.9 Å². The van der Waals surface area contributed by atoms with Gasteiger partial charge in [-0.25, -0.2) is 12.8 Å². The van der Waals surface area contributed by atoms with Crippen molar-refractivity contribution < 1.29 is 17.6 Å². The van der Waals surface area contributed by atoms with E-state index in [0.717, 1.165) is 27.7 Å². The average Bonchev–Trinajstić information content (AvgIpc) is 3.15. The van der Waals surface area contributed by atoms with Gasteiger partial charge < -0.3 is 9.88 Å². The Morgan fingerprint density at radius 2 is 1.77 bits per heavy atom. The first-order chi connectivity index (χ1) is 14.9. The zero-order valence-corrected chi connectivity index (χ0v) is 18.3. The largest absolute Gasteiger partial charge is 0.354 e. The number of fused-ring (bicyclic) bond motifs is 1. The summed E-state index contributed by atoms with van der Waals surface area (Å²) < 4.78 is 39.4. The van der Waals surface area contributed by atoms with Crippen LogP contribution in [0.5, 0.6) is 0 Å². The number of carbonyl (C=O) groups is 1. The van der Waals surface area contributed by atoms with Crippen LogP contribution in [-0.2, 0) is 21.2 Å². The lowest BCUT2D eigenvalue weighted by molar-refractivity contribution is -0.132. The molecular weight excluding hydrogens is 417 g/mol. The second-order valence-electron chi connectivity index (χ2n) is 7.71. The monoisotopic (exact) mass is 443 g/mol. The number of carbonyl (C=O) groups excluding carboxylic acids is 1. The Bertz CT molecular complexity index is 1180. The van der Waals surface area contributed by atoms with Gasteiger partial charge in [0.05, 0.1) is 5.75 Å². The van der Waals surface area contributed by atoms with Gasteiger partial charge in [-0.2, -0.15) is 4.31 Å². The number of H-pyrrole nitrogens is 1. The third kappa shape index (κ3) is 4.50. The molecule has 1 amide bonds. The Kier molecular flexibility index (Phi) is 6.11. The molecule has 3 aromatic rings. The van der Waals surface area contributed by atoms with Gasteiger partial charge >= 0.3 is 0 Å². The summed E-state index contributed by atoms with van der Waals surface area (Å²) in [6.45, 7) is 3.07. The summed E-state index contributed by atoms with van der Waals surface area (Å²) in [7, 11) is -3.23. The standard InChI is InChI=1S/C23H26FN3O3S/c1-2-31(29,30)27-14-12-26(13-15-27)22(28)11-9-19-20-16-18(24)8-10-21(20)25-23(19)17-6-4-3-5-7-17/h3-8,10,16,25H,2,9,11-15H2,1H3. The molecule has 0 aliphatic carbocycles. The van der Waals surface area contributed by atoms with E-state index in [1.54, 1.807) is 17.9 Å². The maximum Gasteiger partial charge on any atom is 0.222 e. The van der Waals surface area contributed by atoms with Crippen LogP contribution in [0.4, 0.5) is 4.39 Å². The van der Waals surface area contributed by atoms with Gasteiger partial charge in [-0.3, -0.25) is 4.79 Å². The van der Waals surface area contributed by atoms with E-state index in [2.05, 4.69) is 4.98 Å². The minimum absolute atomic E-state index is 0.0155. The van der Waals surface area contributed by atoms with Crippen molar-refractivity contribution in [2.24, 2.45) is 0 Å². The summed E-state index contributed by atoms with van der Waals surface area (Å²) in [6.07, 6.45) is 0.754. The first kappa shape index (κ1) is 21.5. The molecular formula is C23H26FN3O3S. The first-order valence-electron chi connectivity index (χ1n) is 10.5. The summed E-state index contributed by atoms with van der Waals surface area (Å²) in [5.41, 5.74) is 3.63. The highest BCUT2D eigenvalue weighted by Crippen LogP contribution is 2.32. The van der Waals surface area contributed by atoms with Crippen molar-refractivity contribution in [3.63, 3.8) is 0 Å². The molecule has 1 fully saturated rings. The number of aromatic amines is 1. The van der Waals surface area contributed by atoms with Gasteiger partial charge in [-0.15, -0.1) is 0 Å². The Balaban J connectivity index is 1.51. The number of halogens is 1. The van der Waals surface area contributed by atoms with Crippen LogP contribution in [0.2, 0.25) is 0 Å². The number of hydrogen-bond donors (Lipinski definition) is 1. The number of hydrogen-bond acceptors (Lipinski definition) is 3. The highest BCUT2D eigenvalue weighted by molar-refractivity contribution is 7.89. The maximum atomic E-state index is 13.9. The highest BCUT2D eigenvalue weighted by atomic mass is 32.2. The van der Waals surface area contributed by atoms with Crippen LogP contribution in [0.3, 0.4) is 0 Å². The minimum Gasteiger partial charge on any atom is -0.354 e. The van der Waals surface area contributed by atoms with Gasteiger partial charge in [0, 0.05) is 49.2 Å². The fraction of sp³-hybridized carbons (Fsp3) is 0.348. The fourth-order valence-corrected chi connectivity index (χ4v) is 5.20. The number of nitrogens with zero attached hydrogens (tertiary/aromatic N) is 2. The van der Waals surface area contributed by atoms with Crippen molar-refractivity contribution in [1.29, 1.82) is 0 Å². The summed E-state index contributed by atoms with van der Waals surface area (Å²) in [6, 6.07) is 14.4. The van der Waals surface area contributed by atoms with Gasteiger partial charge in [0.25, 0.3) is 0 Å². The molecule has 1 aliphatic rings. The van der Waals surface area contributed by atoms with Crippen molar-refractivity contribution in [2.45, 2.75) is 19.8 Å². The Labute approximate surface area is 181 Å². The summed E-state index contributed by atoms with van der Waals surface area (Å²) in [5, 5.41) is 0.783. The van der Waals surface area contributed by atoms with Crippen molar-refractivity contribution in [3.8, 4) is 11.3 Å². The molecule has 8 heteroatoms. The summed E-state index contributed by atoms with van der Waals surface area (Å²) in [5.74, 6) is -0.259. The smallest absolute Gasteiger partial charge is 0.222 e. The van der Waals surface area contributed by atoms with Crippen LogP contribution in [0.1, 0.15) is 18.9 Å². The van der Waals surface area contributed by atoms with E-state index < -0.39 is 10.0 Å². The Hall–Kier alpha value is -2.71. The molecule has 164 valence electrons. The molecule has 0 unspecified atom stereocenters. The predicted octanol–water partition coefficient (Wildman–Crippen LogP) is 3.40. The van der Waals surface area contributed by atoms with Gasteiger partial charge in [0.15, 0.2) is 0 Å². The molecule has 1 aromatic heterocycles. The molecule has 0 saturated carbocycles. The Morgan fingerprint density at radius 3 is 2.45 bits per heavy atom. The maximum absolute atomic E-state index is 13.9. The number of aromatic nitrogens is 1. The SMILES string of the molecule is CCS(=O)(=O)N1CCN(C(=O)CCc2c(-c3ccccc3)[nH]c3ccc(F)cc23)CC1. The topological polar surface area (TPSA) is 73.5 Å². The number of amides is 1. The molecule has 31 heavy (non-hydrogen) atoms. The number of rotatable bonds is 6. The van der Waals surface area contributed by atoms with Crippen molar-refractivity contribution in [3.05, 3.63) is 59.9 Å². The van der Waals surface area contributed by atoms with Crippen molar-refractivity contribution >= 4 is 26.8 Å². The third-order valence-corrected chi connectivity index (χ3v) is 7.75. The quantitative estimate of drug-likeness (QED) is 0.635. The van der Waals surface area contributed by atoms with E-state index in [9.17, 15) is 17.6 Å². The summed E-state index contributed by atoms with van der Waals surface area (Å²) in [4.78, 5) is 17.9. The number of sulfonamides is 1.